The minimum atomic E-state index is -4.67. The fraction of sp³-hybridized carbons (Fsp3) is 0.0526. The Kier molecular flexibility index (Phi) is 4.69. The number of aliphatic hydroxyl groups excluding tert-OH is 1. The zero-order valence-corrected chi connectivity index (χ0v) is 13.9. The topological polar surface area (TPSA) is 94.8 Å². The summed E-state index contributed by atoms with van der Waals surface area (Å²) in [4.78, 5) is 0. The van der Waals surface area contributed by atoms with Gasteiger partial charge in [0.1, 0.15) is 0 Å². The highest BCUT2D eigenvalue weighted by molar-refractivity contribution is 7.79. The van der Waals surface area contributed by atoms with Gasteiger partial charge in [0.05, 0.1) is 6.61 Å². The summed E-state index contributed by atoms with van der Waals surface area (Å²) < 4.78 is 31.6. The van der Waals surface area contributed by atoms with Crippen LogP contribution < -0.4 is 0 Å². The van der Waals surface area contributed by atoms with Crippen molar-refractivity contribution in [1.82, 2.24) is 0 Å². The van der Waals surface area contributed by atoms with Gasteiger partial charge in [0.15, 0.2) is 0 Å². The summed E-state index contributed by atoms with van der Waals surface area (Å²) in [5.41, 5.74) is 0.996. The van der Waals surface area contributed by atoms with Crippen LogP contribution in [0.3, 0.4) is 0 Å². The van der Waals surface area contributed by atoms with Crippen molar-refractivity contribution < 1.29 is 22.6 Å². The summed E-state index contributed by atoms with van der Waals surface area (Å²) in [6, 6.07) is 23.1. The number of benzene rings is 4. The van der Waals surface area contributed by atoms with Crippen molar-refractivity contribution in [2.75, 3.05) is 0 Å². The molecule has 4 aromatic rings. The van der Waals surface area contributed by atoms with Gasteiger partial charge in [-0.2, -0.15) is 8.42 Å². The molecule has 0 amide bonds. The average molecular weight is 356 g/mol. The summed E-state index contributed by atoms with van der Waals surface area (Å²) in [6.45, 7) is 0.0648. The normalized spacial score (nSPS) is 11.5. The average Bonchev–Trinajstić information content (AvgIpc) is 2.59. The molecule has 0 radical (unpaired) electrons. The summed E-state index contributed by atoms with van der Waals surface area (Å²) in [6.07, 6.45) is 0. The Bertz CT molecular complexity index is 1160. The molecule has 4 aromatic carbocycles. The van der Waals surface area contributed by atoms with Crippen LogP contribution in [-0.4, -0.2) is 22.6 Å². The summed E-state index contributed by atoms with van der Waals surface area (Å²) in [5, 5.41) is 17.0. The Morgan fingerprint density at radius 2 is 1.28 bits per heavy atom. The van der Waals surface area contributed by atoms with Crippen LogP contribution in [0.4, 0.5) is 0 Å². The maximum absolute atomic E-state index is 9.75. The minimum Gasteiger partial charge on any atom is -0.392 e. The molecule has 0 fully saturated rings. The highest BCUT2D eigenvalue weighted by atomic mass is 32.3. The molecule has 3 N–H and O–H groups in total. The van der Waals surface area contributed by atoms with Crippen LogP contribution in [0.2, 0.25) is 0 Å². The third-order valence-corrected chi connectivity index (χ3v) is 4.00. The first kappa shape index (κ1) is 17.3. The molecule has 0 bridgehead atoms. The van der Waals surface area contributed by atoms with Gasteiger partial charge in [-0.3, -0.25) is 9.11 Å². The molecule has 0 atom stereocenters. The van der Waals surface area contributed by atoms with Gasteiger partial charge < -0.3 is 5.11 Å². The molecule has 4 rings (SSSR count). The molecule has 0 unspecified atom stereocenters. The Balaban J connectivity index is 0.000000324. The first-order chi connectivity index (χ1) is 11.9. The van der Waals surface area contributed by atoms with Gasteiger partial charge in [-0.15, -0.1) is 0 Å². The predicted octanol–water partition coefficient (Wildman–Crippen LogP) is 3.99. The number of hydrogen-bond donors (Lipinski definition) is 3. The highest BCUT2D eigenvalue weighted by Crippen LogP contribution is 2.34. The van der Waals surface area contributed by atoms with Gasteiger partial charge in [-0.05, 0) is 43.9 Å². The Labute approximate surface area is 144 Å². The lowest BCUT2D eigenvalue weighted by Crippen LogP contribution is -1.89. The Hall–Kier alpha value is -2.51. The summed E-state index contributed by atoms with van der Waals surface area (Å²) >= 11 is 0. The molecular formula is C19H16O5S. The number of rotatable bonds is 1. The van der Waals surface area contributed by atoms with Crippen LogP contribution in [0.5, 0.6) is 0 Å². The molecule has 0 aromatic heterocycles. The molecule has 0 saturated carbocycles. The first-order valence-electron chi connectivity index (χ1n) is 7.51. The zero-order chi connectivity index (χ0) is 18.0. The molecule has 0 spiro atoms. The predicted molar refractivity (Wildman–Crippen MR) is 99.1 cm³/mol. The monoisotopic (exact) mass is 356 g/mol. The SMILES string of the molecule is O=S(=O)(O)O.OCc1cc2ccccc2c2ccc3ccccc3c12. The van der Waals surface area contributed by atoms with Crippen LogP contribution in [0.15, 0.2) is 66.7 Å². The van der Waals surface area contributed by atoms with E-state index in [0.29, 0.717) is 0 Å². The molecule has 0 aliphatic rings. The van der Waals surface area contributed by atoms with Crippen LogP contribution >= 0.6 is 0 Å². The fourth-order valence-electron chi connectivity index (χ4n) is 3.09. The van der Waals surface area contributed by atoms with Crippen LogP contribution in [0.25, 0.3) is 32.3 Å². The third-order valence-electron chi connectivity index (χ3n) is 4.00. The van der Waals surface area contributed by atoms with E-state index in [2.05, 4.69) is 54.6 Å². The van der Waals surface area contributed by atoms with E-state index >= 15 is 0 Å². The molecule has 0 heterocycles. The van der Waals surface area contributed by atoms with Crippen LogP contribution in [0, 0.1) is 0 Å². The molecule has 25 heavy (non-hydrogen) atoms. The van der Waals surface area contributed by atoms with Gasteiger partial charge >= 0.3 is 10.4 Å². The standard InChI is InChI=1S/C19H14O.H2O4S/c20-12-15-11-14-6-2-3-7-16(14)18-10-9-13-5-1-4-8-17(13)19(15)18;1-5(2,3)4/h1-11,20H,12H2;(H2,1,2,3,4). The smallest absolute Gasteiger partial charge is 0.392 e. The van der Waals surface area contributed by atoms with Crippen molar-refractivity contribution >= 4 is 42.7 Å². The van der Waals surface area contributed by atoms with Crippen LogP contribution in [-0.2, 0) is 17.0 Å². The highest BCUT2D eigenvalue weighted by Gasteiger charge is 2.08. The molecule has 0 aliphatic carbocycles. The zero-order valence-electron chi connectivity index (χ0n) is 13.1. The van der Waals surface area contributed by atoms with Gasteiger partial charge in [0, 0.05) is 0 Å². The second kappa shape index (κ2) is 6.78. The van der Waals surface area contributed by atoms with Gasteiger partial charge in [-0.25, -0.2) is 0 Å². The van der Waals surface area contributed by atoms with Crippen molar-refractivity contribution in [3.8, 4) is 0 Å². The van der Waals surface area contributed by atoms with Gasteiger partial charge in [-0.1, -0.05) is 60.7 Å². The van der Waals surface area contributed by atoms with E-state index in [1.54, 1.807) is 0 Å². The number of hydrogen-bond acceptors (Lipinski definition) is 3. The molecule has 6 heteroatoms. The van der Waals surface area contributed by atoms with Crippen molar-refractivity contribution in [1.29, 1.82) is 0 Å². The maximum atomic E-state index is 9.75. The Morgan fingerprint density at radius 1 is 0.720 bits per heavy atom. The Morgan fingerprint density at radius 3 is 1.92 bits per heavy atom. The van der Waals surface area contributed by atoms with E-state index in [-0.39, 0.29) is 6.61 Å². The number of aliphatic hydroxyl groups is 1. The van der Waals surface area contributed by atoms with Crippen molar-refractivity contribution in [3.63, 3.8) is 0 Å². The lowest BCUT2D eigenvalue weighted by molar-refractivity contribution is 0.283. The molecular weight excluding hydrogens is 340 g/mol. The molecule has 128 valence electrons. The number of fused-ring (bicyclic) bond motifs is 5. The second-order valence-corrected chi connectivity index (χ2v) is 6.47. The minimum absolute atomic E-state index is 0.0648. The van der Waals surface area contributed by atoms with E-state index in [1.165, 1.54) is 32.3 Å². The lowest BCUT2D eigenvalue weighted by atomic mass is 9.93. The lowest BCUT2D eigenvalue weighted by Gasteiger charge is -2.11. The summed E-state index contributed by atoms with van der Waals surface area (Å²) in [7, 11) is -4.67. The van der Waals surface area contributed by atoms with Crippen molar-refractivity contribution in [2.24, 2.45) is 0 Å². The molecule has 5 nitrogen and oxygen atoms in total. The molecule has 0 saturated heterocycles. The van der Waals surface area contributed by atoms with Gasteiger partial charge in [0.25, 0.3) is 0 Å². The molecule has 0 aliphatic heterocycles. The third kappa shape index (κ3) is 3.78. The quantitative estimate of drug-likeness (QED) is 0.354. The van der Waals surface area contributed by atoms with Gasteiger partial charge in [0.2, 0.25) is 0 Å². The van der Waals surface area contributed by atoms with Crippen molar-refractivity contribution in [3.05, 3.63) is 72.3 Å². The van der Waals surface area contributed by atoms with E-state index in [4.69, 9.17) is 17.5 Å². The van der Waals surface area contributed by atoms with E-state index in [0.717, 1.165) is 5.56 Å². The van der Waals surface area contributed by atoms with E-state index in [9.17, 15) is 5.11 Å². The first-order valence-corrected chi connectivity index (χ1v) is 8.91. The van der Waals surface area contributed by atoms with E-state index < -0.39 is 10.4 Å². The second-order valence-electron chi connectivity index (χ2n) is 5.57. The van der Waals surface area contributed by atoms with Crippen LogP contribution in [0.1, 0.15) is 5.56 Å². The largest absolute Gasteiger partial charge is 0.394 e. The fourth-order valence-corrected chi connectivity index (χ4v) is 3.09. The maximum Gasteiger partial charge on any atom is 0.394 e. The van der Waals surface area contributed by atoms with E-state index in [1.807, 2.05) is 12.1 Å². The summed E-state index contributed by atoms with van der Waals surface area (Å²) in [5.74, 6) is 0. The van der Waals surface area contributed by atoms with Crippen molar-refractivity contribution in [2.45, 2.75) is 6.61 Å².